The van der Waals surface area contributed by atoms with Crippen molar-refractivity contribution in [1.29, 1.82) is 0 Å². The Morgan fingerprint density at radius 2 is 1.75 bits per heavy atom. The Bertz CT molecular complexity index is 500. The molecule has 3 heteroatoms. The first-order valence-corrected chi connectivity index (χ1v) is 5.75. The van der Waals surface area contributed by atoms with Gasteiger partial charge in [0.1, 0.15) is 10.5 Å². The average Bonchev–Trinajstić information content (AvgIpc) is 2.38. The maximum atomic E-state index is 4.22. The number of hydrogen-bond acceptors (Lipinski definition) is 2. The first-order chi connectivity index (χ1) is 7.86. The van der Waals surface area contributed by atoms with Crippen LogP contribution in [0.25, 0.3) is 0 Å². The Hall–Kier alpha value is -1.66. The number of aromatic nitrogens is 2. The summed E-state index contributed by atoms with van der Waals surface area (Å²) >= 11 is 3.48. The molecule has 2 heterocycles. The second kappa shape index (κ2) is 5.43. The van der Waals surface area contributed by atoms with Crippen molar-refractivity contribution in [2.75, 3.05) is 0 Å². The first-order valence-electron chi connectivity index (χ1n) is 4.84. The van der Waals surface area contributed by atoms with Crippen LogP contribution in [-0.4, -0.2) is 9.97 Å². The number of rotatable bonds is 1. The molecule has 1 unspecified atom stereocenters. The van der Waals surface area contributed by atoms with Crippen LogP contribution in [0, 0.1) is 11.8 Å². The number of hydrogen-bond donors (Lipinski definition) is 0. The summed E-state index contributed by atoms with van der Waals surface area (Å²) in [7, 11) is 0. The van der Waals surface area contributed by atoms with Crippen molar-refractivity contribution in [3.05, 3.63) is 60.2 Å². The van der Waals surface area contributed by atoms with Crippen molar-refractivity contribution >= 4 is 15.9 Å². The van der Waals surface area contributed by atoms with Crippen LogP contribution in [0.5, 0.6) is 0 Å². The Balaban J connectivity index is 2.15. The lowest BCUT2D eigenvalue weighted by atomic mass is 10.2. The van der Waals surface area contributed by atoms with Gasteiger partial charge in [0.25, 0.3) is 0 Å². The second-order valence-electron chi connectivity index (χ2n) is 3.10. The van der Waals surface area contributed by atoms with E-state index in [1.54, 1.807) is 12.4 Å². The summed E-state index contributed by atoms with van der Waals surface area (Å²) in [6.07, 6.45) is 3.49. The molecular weight excluding hydrogens is 264 g/mol. The highest BCUT2D eigenvalue weighted by atomic mass is 79.9. The number of nitrogens with zero attached hydrogens (tertiary/aromatic N) is 2. The molecule has 0 bridgehead atoms. The normalized spacial score (nSPS) is 11.3. The van der Waals surface area contributed by atoms with Crippen molar-refractivity contribution in [3.63, 3.8) is 0 Å². The van der Waals surface area contributed by atoms with Crippen molar-refractivity contribution in [1.82, 2.24) is 9.97 Å². The third-order valence-electron chi connectivity index (χ3n) is 1.94. The van der Waals surface area contributed by atoms with E-state index in [4.69, 9.17) is 0 Å². The minimum atomic E-state index is -0.0595. The van der Waals surface area contributed by atoms with Gasteiger partial charge in [-0.25, -0.2) is 4.98 Å². The SMILES string of the molecule is BrC(C#Cc1ccccn1)c1ccccn1. The molecule has 0 aromatic carbocycles. The molecule has 0 radical (unpaired) electrons. The summed E-state index contributed by atoms with van der Waals surface area (Å²) in [4.78, 5) is 8.29. The van der Waals surface area contributed by atoms with Crippen LogP contribution in [0.15, 0.2) is 48.8 Å². The van der Waals surface area contributed by atoms with Crippen molar-refractivity contribution < 1.29 is 0 Å². The first kappa shape index (κ1) is 10.8. The minimum Gasteiger partial charge on any atom is -0.259 e. The van der Waals surface area contributed by atoms with E-state index >= 15 is 0 Å². The lowest BCUT2D eigenvalue weighted by Crippen LogP contribution is -1.89. The number of halogens is 1. The summed E-state index contributed by atoms with van der Waals surface area (Å²) in [6.45, 7) is 0. The molecule has 0 saturated carbocycles. The molecule has 0 saturated heterocycles. The molecule has 0 fully saturated rings. The van der Waals surface area contributed by atoms with Gasteiger partial charge in [-0.15, -0.1) is 0 Å². The fraction of sp³-hybridized carbons (Fsp3) is 0.0769. The average molecular weight is 273 g/mol. The van der Waals surface area contributed by atoms with Gasteiger partial charge in [-0.05, 0) is 30.2 Å². The molecule has 0 N–H and O–H groups in total. The third-order valence-corrected chi connectivity index (χ3v) is 2.64. The molecule has 78 valence electrons. The van der Waals surface area contributed by atoms with E-state index in [1.165, 1.54) is 0 Å². The monoisotopic (exact) mass is 272 g/mol. The molecule has 2 aromatic heterocycles. The van der Waals surface area contributed by atoms with Gasteiger partial charge in [0.05, 0.1) is 5.69 Å². The van der Waals surface area contributed by atoms with E-state index < -0.39 is 0 Å². The summed E-state index contributed by atoms with van der Waals surface area (Å²) < 4.78 is 0. The van der Waals surface area contributed by atoms with Crippen LogP contribution in [0.2, 0.25) is 0 Å². The van der Waals surface area contributed by atoms with Crippen LogP contribution < -0.4 is 0 Å². The highest BCUT2D eigenvalue weighted by Gasteiger charge is 2.02. The zero-order chi connectivity index (χ0) is 11.2. The largest absolute Gasteiger partial charge is 0.259 e. The summed E-state index contributed by atoms with van der Waals surface area (Å²) in [5.74, 6) is 6.05. The van der Waals surface area contributed by atoms with Crippen LogP contribution >= 0.6 is 15.9 Å². The second-order valence-corrected chi connectivity index (χ2v) is 4.02. The van der Waals surface area contributed by atoms with Gasteiger partial charge in [0, 0.05) is 12.4 Å². The quantitative estimate of drug-likeness (QED) is 0.589. The highest BCUT2D eigenvalue weighted by molar-refractivity contribution is 9.09. The minimum absolute atomic E-state index is 0.0595. The van der Waals surface area contributed by atoms with E-state index in [9.17, 15) is 0 Å². The summed E-state index contributed by atoms with van der Waals surface area (Å²) in [6, 6.07) is 11.4. The van der Waals surface area contributed by atoms with E-state index in [2.05, 4.69) is 37.7 Å². The van der Waals surface area contributed by atoms with Crippen LogP contribution in [0.1, 0.15) is 16.2 Å². The summed E-state index contributed by atoms with van der Waals surface area (Å²) in [5.41, 5.74) is 1.67. The van der Waals surface area contributed by atoms with Crippen LogP contribution in [0.3, 0.4) is 0 Å². The Morgan fingerprint density at radius 3 is 2.38 bits per heavy atom. The fourth-order valence-electron chi connectivity index (χ4n) is 1.17. The van der Waals surface area contributed by atoms with Crippen molar-refractivity contribution in [2.45, 2.75) is 4.83 Å². The zero-order valence-corrected chi connectivity index (χ0v) is 10.1. The molecule has 1 atom stereocenters. The van der Waals surface area contributed by atoms with Gasteiger partial charge >= 0.3 is 0 Å². The lowest BCUT2D eigenvalue weighted by molar-refractivity contribution is 1.12. The van der Waals surface area contributed by atoms with Crippen LogP contribution in [0.4, 0.5) is 0 Å². The molecule has 0 spiro atoms. The molecule has 0 amide bonds. The predicted octanol–water partition coefficient (Wildman–Crippen LogP) is 2.96. The fourth-order valence-corrected chi connectivity index (χ4v) is 1.56. The Labute approximate surface area is 103 Å². The number of pyridine rings is 2. The van der Waals surface area contributed by atoms with E-state index in [-0.39, 0.29) is 4.83 Å². The zero-order valence-electron chi connectivity index (χ0n) is 8.47. The Kier molecular flexibility index (Phi) is 3.68. The highest BCUT2D eigenvalue weighted by Crippen LogP contribution is 2.18. The van der Waals surface area contributed by atoms with E-state index in [0.717, 1.165) is 11.4 Å². The number of alkyl halides is 1. The lowest BCUT2D eigenvalue weighted by Gasteiger charge is -1.99. The van der Waals surface area contributed by atoms with Crippen molar-refractivity contribution in [3.8, 4) is 11.8 Å². The Morgan fingerprint density at radius 1 is 1.00 bits per heavy atom. The van der Waals surface area contributed by atoms with E-state index in [0.29, 0.717) is 0 Å². The van der Waals surface area contributed by atoms with Gasteiger partial charge in [-0.3, -0.25) is 4.98 Å². The van der Waals surface area contributed by atoms with Gasteiger partial charge in [0.15, 0.2) is 0 Å². The molecule has 0 aliphatic heterocycles. The van der Waals surface area contributed by atoms with Gasteiger partial charge in [-0.2, -0.15) is 0 Å². The smallest absolute Gasteiger partial charge is 0.118 e. The molecule has 0 aliphatic carbocycles. The molecule has 2 rings (SSSR count). The molecule has 2 nitrogen and oxygen atoms in total. The van der Waals surface area contributed by atoms with E-state index in [1.807, 2.05) is 36.4 Å². The molecule has 16 heavy (non-hydrogen) atoms. The third kappa shape index (κ3) is 2.91. The van der Waals surface area contributed by atoms with Crippen molar-refractivity contribution in [2.24, 2.45) is 0 Å². The van der Waals surface area contributed by atoms with Gasteiger partial charge < -0.3 is 0 Å². The van der Waals surface area contributed by atoms with Gasteiger partial charge in [-0.1, -0.05) is 34.0 Å². The maximum absolute atomic E-state index is 4.22. The maximum Gasteiger partial charge on any atom is 0.118 e. The molecule has 2 aromatic rings. The molecule has 0 aliphatic rings. The molecular formula is C13H9BrN2. The summed E-state index contributed by atoms with van der Waals surface area (Å²) in [5, 5.41) is 0. The van der Waals surface area contributed by atoms with Crippen LogP contribution in [-0.2, 0) is 0 Å². The van der Waals surface area contributed by atoms with Gasteiger partial charge in [0.2, 0.25) is 0 Å². The topological polar surface area (TPSA) is 25.8 Å². The standard InChI is InChI=1S/C13H9BrN2/c14-12(13-6-2-4-10-16-13)8-7-11-5-1-3-9-15-11/h1-6,9-10,12H. The predicted molar refractivity (Wildman–Crippen MR) is 67.0 cm³/mol.